The number of amides is 2. The highest BCUT2D eigenvalue weighted by Gasteiger charge is 2.29. The Morgan fingerprint density at radius 3 is 2.38 bits per heavy atom. The molecule has 1 saturated heterocycles. The van der Waals surface area contributed by atoms with Crippen molar-refractivity contribution in [2.24, 2.45) is 5.92 Å². The Hall–Kier alpha value is -2.51. The van der Waals surface area contributed by atoms with E-state index in [0.29, 0.717) is 44.1 Å². The second-order valence-corrected chi connectivity index (χ2v) is 6.23. The smallest absolute Gasteiger partial charge is 0.316 e. The van der Waals surface area contributed by atoms with Gasteiger partial charge in [0.05, 0.1) is 11.8 Å². The van der Waals surface area contributed by atoms with E-state index in [1.54, 1.807) is 12.4 Å². The predicted molar refractivity (Wildman–Crippen MR) is 81.2 cm³/mol. The molecule has 1 saturated carbocycles. The summed E-state index contributed by atoms with van der Waals surface area (Å²) in [6, 6.07) is 0.227. The maximum Gasteiger partial charge on any atom is 0.316 e. The number of imide groups is 1. The highest BCUT2D eigenvalue weighted by atomic mass is 16.5. The molecule has 1 aliphatic heterocycles. The number of carbonyl (C=O) groups is 3. The van der Waals surface area contributed by atoms with Crippen LogP contribution in [0.3, 0.4) is 0 Å². The van der Waals surface area contributed by atoms with Crippen LogP contribution >= 0.6 is 0 Å². The Labute approximate surface area is 138 Å². The van der Waals surface area contributed by atoms with Gasteiger partial charge in [0, 0.05) is 24.4 Å². The molecule has 128 valence electrons. The van der Waals surface area contributed by atoms with Gasteiger partial charge in [0.1, 0.15) is 6.10 Å². The molecule has 1 aromatic rings. The number of nitrogens with zero attached hydrogens (tertiary/aromatic N) is 2. The summed E-state index contributed by atoms with van der Waals surface area (Å²) < 4.78 is 5.70. The minimum absolute atomic E-state index is 0.0814. The van der Waals surface area contributed by atoms with E-state index in [9.17, 15) is 14.4 Å². The SMILES string of the molecule is O=C1CCC(c2cnc(O[C@H]3CC[C@H](C(=O)O)CC3)nc2)C(=O)N1. The molecule has 2 fully saturated rings. The number of nitrogens with one attached hydrogen (secondary N) is 1. The van der Waals surface area contributed by atoms with Gasteiger partial charge >= 0.3 is 12.0 Å². The van der Waals surface area contributed by atoms with Gasteiger partial charge in [-0.2, -0.15) is 0 Å². The summed E-state index contributed by atoms with van der Waals surface area (Å²) in [5.41, 5.74) is 0.655. The van der Waals surface area contributed by atoms with Crippen molar-refractivity contribution < 1.29 is 24.2 Å². The van der Waals surface area contributed by atoms with Crippen LogP contribution in [0.1, 0.15) is 50.0 Å². The molecule has 0 spiro atoms. The maximum absolute atomic E-state index is 11.8. The molecule has 2 aliphatic rings. The fraction of sp³-hybridized carbons (Fsp3) is 0.562. The fourth-order valence-electron chi connectivity index (χ4n) is 3.16. The van der Waals surface area contributed by atoms with Crippen LogP contribution in [0.4, 0.5) is 0 Å². The van der Waals surface area contributed by atoms with Crippen LogP contribution in [-0.2, 0) is 14.4 Å². The minimum atomic E-state index is -0.752. The van der Waals surface area contributed by atoms with Gasteiger partial charge in [0.15, 0.2) is 0 Å². The summed E-state index contributed by atoms with van der Waals surface area (Å²) in [5.74, 6) is -2.04. The first-order valence-electron chi connectivity index (χ1n) is 8.08. The normalized spacial score (nSPS) is 27.4. The lowest BCUT2D eigenvalue weighted by Crippen LogP contribution is -2.39. The Balaban J connectivity index is 1.56. The number of hydrogen-bond acceptors (Lipinski definition) is 6. The Morgan fingerprint density at radius 2 is 1.79 bits per heavy atom. The molecule has 1 unspecified atom stereocenters. The third-order valence-corrected chi connectivity index (χ3v) is 4.59. The first-order valence-corrected chi connectivity index (χ1v) is 8.08. The van der Waals surface area contributed by atoms with Crippen molar-refractivity contribution in [2.45, 2.75) is 50.5 Å². The maximum atomic E-state index is 11.8. The van der Waals surface area contributed by atoms with E-state index in [0.717, 1.165) is 0 Å². The van der Waals surface area contributed by atoms with Crippen LogP contribution < -0.4 is 10.1 Å². The fourth-order valence-corrected chi connectivity index (χ4v) is 3.16. The molecular weight excluding hydrogens is 314 g/mol. The van der Waals surface area contributed by atoms with Crippen molar-refractivity contribution >= 4 is 17.8 Å². The topological polar surface area (TPSA) is 118 Å². The highest BCUT2D eigenvalue weighted by Crippen LogP contribution is 2.28. The van der Waals surface area contributed by atoms with Crippen molar-refractivity contribution in [2.75, 3.05) is 0 Å². The third-order valence-electron chi connectivity index (χ3n) is 4.59. The average molecular weight is 333 g/mol. The van der Waals surface area contributed by atoms with Gasteiger partial charge < -0.3 is 9.84 Å². The summed E-state index contributed by atoms with van der Waals surface area (Å²) in [7, 11) is 0. The third kappa shape index (κ3) is 3.69. The van der Waals surface area contributed by atoms with Gasteiger partial charge in [0.25, 0.3) is 0 Å². The Kier molecular flexibility index (Phi) is 4.73. The van der Waals surface area contributed by atoms with Gasteiger partial charge in [-0.1, -0.05) is 0 Å². The zero-order valence-corrected chi connectivity index (χ0v) is 13.1. The molecule has 2 N–H and O–H groups in total. The summed E-state index contributed by atoms with van der Waals surface area (Å²) in [6.07, 6.45) is 6.28. The molecule has 1 aliphatic carbocycles. The van der Waals surface area contributed by atoms with Crippen molar-refractivity contribution in [1.82, 2.24) is 15.3 Å². The number of carboxylic acid groups (broad SMARTS) is 1. The summed E-state index contributed by atoms with van der Waals surface area (Å²) in [6.45, 7) is 0. The van der Waals surface area contributed by atoms with Crippen molar-refractivity contribution in [3.05, 3.63) is 18.0 Å². The Morgan fingerprint density at radius 1 is 1.12 bits per heavy atom. The first-order chi connectivity index (χ1) is 11.5. The van der Waals surface area contributed by atoms with Crippen LogP contribution in [0, 0.1) is 5.92 Å². The molecule has 1 atom stereocenters. The van der Waals surface area contributed by atoms with Gasteiger partial charge in [-0.3, -0.25) is 19.7 Å². The quantitative estimate of drug-likeness (QED) is 0.790. The molecule has 24 heavy (non-hydrogen) atoms. The molecular formula is C16H19N3O5. The van der Waals surface area contributed by atoms with E-state index in [2.05, 4.69) is 15.3 Å². The van der Waals surface area contributed by atoms with E-state index in [1.165, 1.54) is 0 Å². The number of aliphatic carboxylic acids is 1. The lowest BCUT2D eigenvalue weighted by atomic mass is 9.87. The van der Waals surface area contributed by atoms with Gasteiger partial charge in [-0.25, -0.2) is 9.97 Å². The van der Waals surface area contributed by atoms with Gasteiger partial charge in [-0.05, 0) is 32.1 Å². The van der Waals surface area contributed by atoms with Crippen LogP contribution in [-0.4, -0.2) is 39.0 Å². The van der Waals surface area contributed by atoms with Crippen molar-refractivity contribution in [3.8, 4) is 6.01 Å². The number of piperidine rings is 1. The van der Waals surface area contributed by atoms with Crippen LogP contribution in [0.5, 0.6) is 6.01 Å². The molecule has 2 heterocycles. The standard InChI is InChI=1S/C16H19N3O5/c20-13-6-5-12(14(21)19-13)10-7-17-16(18-8-10)24-11-3-1-9(2-4-11)15(22)23/h7-9,11-12H,1-6H2,(H,22,23)(H,19,20,21)/t9-,11-,12?. The highest BCUT2D eigenvalue weighted by molar-refractivity contribution is 6.00. The zero-order valence-electron chi connectivity index (χ0n) is 13.1. The molecule has 8 heteroatoms. The number of aromatic nitrogens is 2. The summed E-state index contributed by atoms with van der Waals surface area (Å²) in [5, 5.41) is 11.3. The first kappa shape index (κ1) is 16.4. The largest absolute Gasteiger partial charge is 0.481 e. The summed E-state index contributed by atoms with van der Waals surface area (Å²) >= 11 is 0. The molecule has 2 amide bonds. The molecule has 3 rings (SSSR count). The lowest BCUT2D eigenvalue weighted by Gasteiger charge is -2.26. The van der Waals surface area contributed by atoms with E-state index in [1.807, 2.05) is 0 Å². The number of ether oxygens (including phenoxy) is 1. The number of rotatable bonds is 4. The van der Waals surface area contributed by atoms with E-state index < -0.39 is 11.9 Å². The summed E-state index contributed by atoms with van der Waals surface area (Å²) in [4.78, 5) is 42.2. The predicted octanol–water partition coefficient (Wildman–Crippen LogP) is 1.02. The average Bonchev–Trinajstić information content (AvgIpc) is 2.56. The van der Waals surface area contributed by atoms with Gasteiger partial charge in [-0.15, -0.1) is 0 Å². The molecule has 8 nitrogen and oxygen atoms in total. The van der Waals surface area contributed by atoms with Gasteiger partial charge in [0.2, 0.25) is 11.8 Å². The van der Waals surface area contributed by atoms with E-state index in [-0.39, 0.29) is 29.8 Å². The lowest BCUT2D eigenvalue weighted by molar-refractivity contribution is -0.143. The van der Waals surface area contributed by atoms with Crippen molar-refractivity contribution in [1.29, 1.82) is 0 Å². The van der Waals surface area contributed by atoms with Crippen LogP contribution in [0.15, 0.2) is 12.4 Å². The molecule has 0 radical (unpaired) electrons. The Bertz CT molecular complexity index is 638. The number of carbonyl (C=O) groups excluding carboxylic acids is 2. The molecule has 1 aromatic heterocycles. The molecule has 0 bridgehead atoms. The van der Waals surface area contributed by atoms with Crippen LogP contribution in [0.25, 0.3) is 0 Å². The number of hydrogen-bond donors (Lipinski definition) is 2. The monoisotopic (exact) mass is 333 g/mol. The van der Waals surface area contributed by atoms with E-state index >= 15 is 0 Å². The molecule has 0 aromatic carbocycles. The zero-order chi connectivity index (χ0) is 17.1. The van der Waals surface area contributed by atoms with Crippen molar-refractivity contribution in [3.63, 3.8) is 0 Å². The second kappa shape index (κ2) is 6.94. The van der Waals surface area contributed by atoms with E-state index in [4.69, 9.17) is 9.84 Å². The second-order valence-electron chi connectivity index (χ2n) is 6.23. The van der Waals surface area contributed by atoms with Crippen LogP contribution in [0.2, 0.25) is 0 Å². The number of carboxylic acids is 1. The minimum Gasteiger partial charge on any atom is -0.481 e.